The number of alkyl halides is 3. The van der Waals surface area contributed by atoms with E-state index in [-0.39, 0.29) is 5.69 Å². The summed E-state index contributed by atoms with van der Waals surface area (Å²) in [5.41, 5.74) is -5.03. The summed E-state index contributed by atoms with van der Waals surface area (Å²) < 4.78 is 91.9. The third kappa shape index (κ3) is 3.48. The number of hydrogen-bond donors (Lipinski definition) is 2. The van der Waals surface area contributed by atoms with E-state index in [4.69, 9.17) is 0 Å². The summed E-state index contributed by atoms with van der Waals surface area (Å²) in [5.74, 6) is -10.4. The Balaban J connectivity index is 2.40. The Bertz CT molecular complexity index is 855. The third-order valence-corrected chi connectivity index (χ3v) is 3.28. The largest absolute Gasteiger partial charge is 0.502 e. The van der Waals surface area contributed by atoms with E-state index < -0.39 is 63.5 Å². The smallest absolute Gasteiger partial charge is 0.422 e. The minimum absolute atomic E-state index is 0.186. The van der Waals surface area contributed by atoms with Crippen molar-refractivity contribution >= 4 is 11.4 Å². The van der Waals surface area contributed by atoms with Crippen LogP contribution in [-0.4, -0.2) is 10.0 Å². The maximum absolute atomic E-state index is 13.7. The van der Waals surface area contributed by atoms with E-state index in [1.165, 1.54) is 0 Å². The SMILES string of the molecule is O=[N+]([O-])c1cc(NCc2c(F)c(F)c(C(F)(F)F)c(F)c2F)ccc1O. The van der Waals surface area contributed by atoms with Crippen LogP contribution < -0.4 is 5.32 Å². The van der Waals surface area contributed by atoms with Crippen LogP contribution in [0.1, 0.15) is 11.1 Å². The summed E-state index contributed by atoms with van der Waals surface area (Å²) >= 11 is 0. The molecule has 0 heterocycles. The molecule has 0 aliphatic rings. The van der Waals surface area contributed by atoms with Crippen LogP contribution in [0.3, 0.4) is 0 Å². The monoisotopic (exact) mass is 384 g/mol. The summed E-state index contributed by atoms with van der Waals surface area (Å²) in [6.07, 6.45) is -5.65. The van der Waals surface area contributed by atoms with E-state index in [0.29, 0.717) is 0 Å². The lowest BCUT2D eigenvalue weighted by Gasteiger charge is -2.15. The first-order valence-corrected chi connectivity index (χ1v) is 6.58. The van der Waals surface area contributed by atoms with Gasteiger partial charge in [0.25, 0.3) is 0 Å². The topological polar surface area (TPSA) is 75.4 Å². The highest BCUT2D eigenvalue weighted by Crippen LogP contribution is 2.37. The van der Waals surface area contributed by atoms with Gasteiger partial charge in [-0.2, -0.15) is 13.2 Å². The molecule has 5 nitrogen and oxygen atoms in total. The molecule has 0 bridgehead atoms. The summed E-state index contributed by atoms with van der Waals surface area (Å²) in [5, 5.41) is 22.1. The summed E-state index contributed by atoms with van der Waals surface area (Å²) in [4.78, 5) is 9.70. The lowest BCUT2D eigenvalue weighted by molar-refractivity contribution is -0.385. The van der Waals surface area contributed by atoms with E-state index in [0.717, 1.165) is 18.2 Å². The minimum atomic E-state index is -5.65. The zero-order valence-electron chi connectivity index (χ0n) is 12.3. The molecule has 0 aliphatic heterocycles. The number of anilines is 1. The molecular formula is C14H7F7N2O3. The van der Waals surface area contributed by atoms with Crippen LogP contribution in [0.5, 0.6) is 5.75 Å². The Morgan fingerprint density at radius 1 is 1.04 bits per heavy atom. The van der Waals surface area contributed by atoms with Crippen molar-refractivity contribution in [2.24, 2.45) is 0 Å². The van der Waals surface area contributed by atoms with Crippen molar-refractivity contribution in [3.05, 3.63) is 62.7 Å². The number of rotatable bonds is 4. The maximum Gasteiger partial charge on any atom is 0.422 e. The van der Waals surface area contributed by atoms with E-state index >= 15 is 0 Å². The number of nitrogens with zero attached hydrogens (tertiary/aromatic N) is 1. The molecule has 0 aliphatic carbocycles. The molecule has 0 radical (unpaired) electrons. The molecule has 2 rings (SSSR count). The molecule has 2 aromatic carbocycles. The molecule has 2 N–H and O–H groups in total. The zero-order valence-corrected chi connectivity index (χ0v) is 12.3. The Labute approximate surface area is 139 Å². The van der Waals surface area contributed by atoms with Crippen LogP contribution in [0.4, 0.5) is 42.1 Å². The maximum atomic E-state index is 13.7. The number of nitrogens with one attached hydrogen (secondary N) is 1. The molecule has 0 unspecified atom stereocenters. The molecule has 26 heavy (non-hydrogen) atoms. The number of benzene rings is 2. The fourth-order valence-corrected chi connectivity index (χ4v) is 2.05. The Kier molecular flexibility index (Phi) is 4.96. The first kappa shape index (κ1) is 19.3. The summed E-state index contributed by atoms with van der Waals surface area (Å²) in [7, 11) is 0. The van der Waals surface area contributed by atoms with Gasteiger partial charge in [-0.25, -0.2) is 17.6 Å². The standard InChI is InChI=1S/C14H7F7N2O3/c15-10-6(11(16)13(18)9(12(10)17)14(19,20)21)4-22-5-1-2-8(24)7(3-5)23(25)26/h1-3,22,24H,4H2. The van der Waals surface area contributed by atoms with Gasteiger partial charge in [-0.05, 0) is 12.1 Å². The molecule has 0 aromatic heterocycles. The summed E-state index contributed by atoms with van der Waals surface area (Å²) in [6, 6.07) is 2.65. The van der Waals surface area contributed by atoms with Crippen molar-refractivity contribution in [1.82, 2.24) is 0 Å². The van der Waals surface area contributed by atoms with Gasteiger partial charge in [0.15, 0.2) is 29.0 Å². The second-order valence-corrected chi connectivity index (χ2v) is 4.92. The normalized spacial score (nSPS) is 11.5. The van der Waals surface area contributed by atoms with Crippen LogP contribution in [-0.2, 0) is 12.7 Å². The Morgan fingerprint density at radius 3 is 2.04 bits per heavy atom. The Hall–Kier alpha value is -3.05. The predicted octanol–water partition coefficient (Wildman–Crippen LogP) is 4.49. The number of hydrogen-bond acceptors (Lipinski definition) is 4. The molecule has 0 saturated carbocycles. The quantitative estimate of drug-likeness (QED) is 0.268. The van der Waals surface area contributed by atoms with E-state index in [2.05, 4.69) is 5.32 Å². The first-order valence-electron chi connectivity index (χ1n) is 6.58. The fourth-order valence-electron chi connectivity index (χ4n) is 2.05. The van der Waals surface area contributed by atoms with E-state index in [1.54, 1.807) is 0 Å². The predicted molar refractivity (Wildman–Crippen MR) is 73.4 cm³/mol. The average Bonchev–Trinajstić information content (AvgIpc) is 2.53. The van der Waals surface area contributed by atoms with Crippen molar-refractivity contribution in [2.45, 2.75) is 12.7 Å². The van der Waals surface area contributed by atoms with E-state index in [9.17, 15) is 46.0 Å². The first-order chi connectivity index (χ1) is 11.9. The highest BCUT2D eigenvalue weighted by atomic mass is 19.4. The van der Waals surface area contributed by atoms with E-state index in [1.807, 2.05) is 0 Å². The lowest BCUT2D eigenvalue weighted by atomic mass is 10.1. The highest BCUT2D eigenvalue weighted by Gasteiger charge is 2.42. The zero-order chi connectivity index (χ0) is 19.8. The van der Waals surface area contributed by atoms with Crippen LogP contribution in [0, 0.1) is 33.4 Å². The average molecular weight is 384 g/mol. The van der Waals surface area contributed by atoms with Crippen LogP contribution in [0.15, 0.2) is 18.2 Å². The third-order valence-electron chi connectivity index (χ3n) is 3.28. The van der Waals surface area contributed by atoms with Gasteiger partial charge in [0, 0.05) is 23.9 Å². The molecule has 0 fully saturated rings. The summed E-state index contributed by atoms with van der Waals surface area (Å²) in [6.45, 7) is -1.02. The second kappa shape index (κ2) is 6.69. The Morgan fingerprint density at radius 2 is 1.58 bits per heavy atom. The molecular weight excluding hydrogens is 377 g/mol. The van der Waals surface area contributed by atoms with Crippen molar-refractivity contribution in [1.29, 1.82) is 0 Å². The number of nitro groups is 1. The number of aromatic hydroxyl groups is 1. The molecule has 12 heteroatoms. The van der Waals surface area contributed by atoms with Gasteiger partial charge >= 0.3 is 11.9 Å². The molecule has 0 saturated heterocycles. The van der Waals surface area contributed by atoms with Gasteiger partial charge in [-0.1, -0.05) is 0 Å². The second-order valence-electron chi connectivity index (χ2n) is 4.92. The number of nitro benzene ring substituents is 1. The highest BCUT2D eigenvalue weighted by molar-refractivity contribution is 5.58. The molecule has 140 valence electrons. The van der Waals surface area contributed by atoms with Crippen molar-refractivity contribution in [3.8, 4) is 5.75 Å². The van der Waals surface area contributed by atoms with Gasteiger partial charge in [-0.15, -0.1) is 0 Å². The van der Waals surface area contributed by atoms with Gasteiger partial charge in [0.2, 0.25) is 0 Å². The fraction of sp³-hybridized carbons (Fsp3) is 0.143. The van der Waals surface area contributed by atoms with Crippen LogP contribution in [0.2, 0.25) is 0 Å². The molecule has 0 atom stereocenters. The molecule has 2 aromatic rings. The molecule has 0 amide bonds. The van der Waals surface area contributed by atoms with Gasteiger partial charge in [-0.3, -0.25) is 10.1 Å². The van der Waals surface area contributed by atoms with Gasteiger partial charge in [0.1, 0.15) is 5.56 Å². The van der Waals surface area contributed by atoms with Crippen molar-refractivity contribution in [2.75, 3.05) is 5.32 Å². The molecule has 0 spiro atoms. The van der Waals surface area contributed by atoms with Crippen molar-refractivity contribution < 1.29 is 40.8 Å². The minimum Gasteiger partial charge on any atom is -0.502 e. The van der Waals surface area contributed by atoms with Crippen molar-refractivity contribution in [3.63, 3.8) is 0 Å². The van der Waals surface area contributed by atoms with Gasteiger partial charge in [0.05, 0.1) is 4.92 Å². The van der Waals surface area contributed by atoms with Gasteiger partial charge < -0.3 is 10.4 Å². The van der Waals surface area contributed by atoms with Crippen LogP contribution >= 0.6 is 0 Å². The van der Waals surface area contributed by atoms with Crippen LogP contribution in [0.25, 0.3) is 0 Å². The number of halogens is 7. The number of phenolic OH excluding ortho intramolecular Hbond substituents is 1. The lowest BCUT2D eigenvalue weighted by Crippen LogP contribution is -2.18. The number of phenols is 1.